The molecule has 1 amide bonds. The van der Waals surface area contributed by atoms with Crippen LogP contribution in [0.4, 0.5) is 0 Å². The van der Waals surface area contributed by atoms with Crippen molar-refractivity contribution in [1.29, 1.82) is 0 Å². The largest absolute Gasteiger partial charge is 0.493 e. The van der Waals surface area contributed by atoms with Gasteiger partial charge in [0.25, 0.3) is 0 Å². The second-order valence-corrected chi connectivity index (χ2v) is 6.96. The van der Waals surface area contributed by atoms with Crippen LogP contribution in [0.2, 0.25) is 0 Å². The van der Waals surface area contributed by atoms with Gasteiger partial charge in [0.1, 0.15) is 0 Å². The Morgan fingerprint density at radius 2 is 1.76 bits per heavy atom. The molecule has 1 N–H and O–H groups in total. The average molecular weight is 410 g/mol. The number of benzene rings is 2. The number of thiophene rings is 1. The number of methoxy groups -OCH3 is 3. The molecule has 0 aliphatic carbocycles. The van der Waals surface area contributed by atoms with Gasteiger partial charge in [-0.3, -0.25) is 4.79 Å². The molecule has 29 heavy (non-hydrogen) atoms. The average Bonchev–Trinajstić information content (AvgIpc) is 3.30. The summed E-state index contributed by atoms with van der Waals surface area (Å²) in [5.74, 6) is 1.41. The standard InChI is InChI=1S/C23H23NO4S/c1-26-20-12-16(13-21(27-2)23(20)28-3)8-9-22(25)24-14-17-6-4-5-7-19(17)18-10-11-29-15-18/h4-13,15H,14H2,1-3H3,(H,24,25)/b9-8+. The third-order valence-electron chi connectivity index (χ3n) is 4.42. The lowest BCUT2D eigenvalue weighted by atomic mass is 10.0. The van der Waals surface area contributed by atoms with Gasteiger partial charge in [0.15, 0.2) is 11.5 Å². The second-order valence-electron chi connectivity index (χ2n) is 6.18. The van der Waals surface area contributed by atoms with Crippen LogP contribution in [-0.2, 0) is 11.3 Å². The van der Waals surface area contributed by atoms with Gasteiger partial charge >= 0.3 is 0 Å². The molecule has 0 unspecified atom stereocenters. The van der Waals surface area contributed by atoms with E-state index in [4.69, 9.17) is 14.2 Å². The summed E-state index contributed by atoms with van der Waals surface area (Å²) >= 11 is 1.65. The maximum absolute atomic E-state index is 12.3. The van der Waals surface area contributed by atoms with Crippen LogP contribution in [0.15, 0.2) is 59.3 Å². The molecule has 0 saturated carbocycles. The van der Waals surface area contributed by atoms with Crippen molar-refractivity contribution < 1.29 is 19.0 Å². The Hall–Kier alpha value is -3.25. The Kier molecular flexibility index (Phi) is 6.92. The normalized spacial score (nSPS) is 10.7. The van der Waals surface area contributed by atoms with Crippen LogP contribution in [0.5, 0.6) is 17.2 Å². The van der Waals surface area contributed by atoms with E-state index < -0.39 is 0 Å². The van der Waals surface area contributed by atoms with Gasteiger partial charge in [-0.25, -0.2) is 0 Å². The molecule has 0 spiro atoms. The fraction of sp³-hybridized carbons (Fsp3) is 0.174. The van der Waals surface area contributed by atoms with E-state index in [0.29, 0.717) is 23.8 Å². The molecule has 1 aromatic heterocycles. The fourth-order valence-electron chi connectivity index (χ4n) is 2.98. The zero-order chi connectivity index (χ0) is 20.6. The highest BCUT2D eigenvalue weighted by molar-refractivity contribution is 7.08. The minimum atomic E-state index is -0.182. The molecule has 0 saturated heterocycles. The van der Waals surface area contributed by atoms with E-state index in [-0.39, 0.29) is 5.91 Å². The van der Waals surface area contributed by atoms with E-state index in [1.54, 1.807) is 50.9 Å². The number of hydrogen-bond donors (Lipinski definition) is 1. The van der Waals surface area contributed by atoms with Crippen molar-refractivity contribution in [2.45, 2.75) is 6.54 Å². The fourth-order valence-corrected chi connectivity index (χ4v) is 3.64. The molecular weight excluding hydrogens is 386 g/mol. The van der Waals surface area contributed by atoms with E-state index in [0.717, 1.165) is 22.3 Å². The Morgan fingerprint density at radius 1 is 1.03 bits per heavy atom. The molecule has 1 heterocycles. The smallest absolute Gasteiger partial charge is 0.244 e. The predicted octanol–water partition coefficient (Wildman–Crippen LogP) is 4.77. The van der Waals surface area contributed by atoms with Crippen molar-refractivity contribution in [3.8, 4) is 28.4 Å². The van der Waals surface area contributed by atoms with Gasteiger partial charge in [-0.2, -0.15) is 11.3 Å². The molecule has 150 valence electrons. The summed E-state index contributed by atoms with van der Waals surface area (Å²) < 4.78 is 16.0. The minimum Gasteiger partial charge on any atom is -0.493 e. The molecule has 0 fully saturated rings. The summed E-state index contributed by atoms with van der Waals surface area (Å²) in [7, 11) is 4.67. The SMILES string of the molecule is COc1cc(/C=C/C(=O)NCc2ccccc2-c2ccsc2)cc(OC)c1OC. The van der Waals surface area contributed by atoms with Crippen molar-refractivity contribution >= 4 is 23.3 Å². The molecule has 0 bridgehead atoms. The molecule has 2 aromatic carbocycles. The second kappa shape index (κ2) is 9.80. The zero-order valence-corrected chi connectivity index (χ0v) is 17.4. The van der Waals surface area contributed by atoms with Gasteiger partial charge in [-0.15, -0.1) is 0 Å². The highest BCUT2D eigenvalue weighted by Crippen LogP contribution is 2.38. The van der Waals surface area contributed by atoms with Gasteiger partial charge in [0.05, 0.1) is 21.3 Å². The van der Waals surface area contributed by atoms with Crippen LogP contribution in [0, 0.1) is 0 Å². The Bertz CT molecular complexity index is 971. The van der Waals surface area contributed by atoms with E-state index in [1.807, 2.05) is 23.6 Å². The maximum Gasteiger partial charge on any atom is 0.244 e. The third-order valence-corrected chi connectivity index (χ3v) is 5.10. The number of hydrogen-bond acceptors (Lipinski definition) is 5. The van der Waals surface area contributed by atoms with E-state index in [9.17, 15) is 4.79 Å². The number of amides is 1. The number of ether oxygens (including phenoxy) is 3. The summed E-state index contributed by atoms with van der Waals surface area (Å²) in [6.45, 7) is 0.449. The molecule has 6 heteroatoms. The summed E-state index contributed by atoms with van der Waals surface area (Å²) in [6, 6.07) is 13.7. The first-order chi connectivity index (χ1) is 14.2. The van der Waals surface area contributed by atoms with E-state index in [1.165, 1.54) is 6.08 Å². The van der Waals surface area contributed by atoms with Crippen LogP contribution < -0.4 is 19.5 Å². The first-order valence-electron chi connectivity index (χ1n) is 9.02. The van der Waals surface area contributed by atoms with Crippen LogP contribution in [-0.4, -0.2) is 27.2 Å². The van der Waals surface area contributed by atoms with Gasteiger partial charge in [0, 0.05) is 12.6 Å². The highest BCUT2D eigenvalue weighted by Gasteiger charge is 2.12. The van der Waals surface area contributed by atoms with Gasteiger partial charge < -0.3 is 19.5 Å². The summed E-state index contributed by atoms with van der Waals surface area (Å²) in [6.07, 6.45) is 3.21. The van der Waals surface area contributed by atoms with E-state index in [2.05, 4.69) is 22.8 Å². The minimum absolute atomic E-state index is 0.182. The Balaban J connectivity index is 1.70. The molecular formula is C23H23NO4S. The predicted molar refractivity (Wildman–Crippen MR) is 117 cm³/mol. The molecule has 0 atom stereocenters. The van der Waals surface area contributed by atoms with Crippen LogP contribution in [0.1, 0.15) is 11.1 Å². The van der Waals surface area contributed by atoms with Crippen molar-refractivity contribution in [3.63, 3.8) is 0 Å². The number of carbonyl (C=O) groups is 1. The summed E-state index contributed by atoms with van der Waals surface area (Å²) in [4.78, 5) is 12.3. The number of nitrogens with one attached hydrogen (secondary N) is 1. The number of rotatable bonds is 8. The Labute approximate surface area is 174 Å². The highest BCUT2D eigenvalue weighted by atomic mass is 32.1. The summed E-state index contributed by atoms with van der Waals surface area (Å²) in [5, 5.41) is 7.09. The van der Waals surface area contributed by atoms with Crippen molar-refractivity contribution in [1.82, 2.24) is 5.32 Å². The van der Waals surface area contributed by atoms with Gasteiger partial charge in [0.2, 0.25) is 11.7 Å². The molecule has 0 aliphatic heterocycles. The summed E-state index contributed by atoms with van der Waals surface area (Å²) in [5.41, 5.74) is 4.13. The quantitative estimate of drug-likeness (QED) is 0.545. The molecule has 3 aromatic rings. The van der Waals surface area contributed by atoms with E-state index >= 15 is 0 Å². The van der Waals surface area contributed by atoms with Gasteiger partial charge in [-0.1, -0.05) is 24.3 Å². The zero-order valence-electron chi connectivity index (χ0n) is 16.6. The molecule has 0 radical (unpaired) electrons. The molecule has 3 rings (SSSR count). The van der Waals surface area contributed by atoms with Crippen LogP contribution in [0.3, 0.4) is 0 Å². The molecule has 0 aliphatic rings. The van der Waals surface area contributed by atoms with Crippen LogP contribution in [0.25, 0.3) is 17.2 Å². The lowest BCUT2D eigenvalue weighted by Gasteiger charge is -2.12. The van der Waals surface area contributed by atoms with Crippen molar-refractivity contribution in [3.05, 3.63) is 70.4 Å². The van der Waals surface area contributed by atoms with Crippen LogP contribution >= 0.6 is 11.3 Å². The lowest BCUT2D eigenvalue weighted by molar-refractivity contribution is -0.116. The first kappa shape index (κ1) is 20.5. The van der Waals surface area contributed by atoms with Gasteiger partial charge in [-0.05, 0) is 57.3 Å². The van der Waals surface area contributed by atoms with Crippen molar-refractivity contribution in [2.75, 3.05) is 21.3 Å². The topological polar surface area (TPSA) is 56.8 Å². The first-order valence-corrected chi connectivity index (χ1v) is 9.97. The number of carbonyl (C=O) groups excluding carboxylic acids is 1. The third kappa shape index (κ3) is 4.97. The lowest BCUT2D eigenvalue weighted by Crippen LogP contribution is -2.20. The van der Waals surface area contributed by atoms with Crippen molar-refractivity contribution in [2.24, 2.45) is 0 Å². The monoisotopic (exact) mass is 409 g/mol. The molecule has 5 nitrogen and oxygen atoms in total. The maximum atomic E-state index is 12.3. The Morgan fingerprint density at radius 3 is 2.38 bits per heavy atom.